The average molecular weight is 373 g/mol. The molecule has 0 saturated carbocycles. The van der Waals surface area contributed by atoms with Crippen molar-refractivity contribution in [1.82, 2.24) is 0 Å². The Kier molecular flexibility index (Phi) is 5.84. The van der Waals surface area contributed by atoms with Crippen molar-refractivity contribution < 1.29 is 19.0 Å². The summed E-state index contributed by atoms with van der Waals surface area (Å²) in [5.41, 5.74) is 2.04. The van der Waals surface area contributed by atoms with Crippen LogP contribution in [0.1, 0.15) is 18.1 Å². The van der Waals surface area contributed by atoms with Crippen molar-refractivity contribution in [3.63, 3.8) is 0 Å². The summed E-state index contributed by atoms with van der Waals surface area (Å²) >= 11 is 6.17. The maximum absolute atomic E-state index is 11.7. The van der Waals surface area contributed by atoms with Crippen LogP contribution in [0.4, 0.5) is 0 Å². The largest absolute Gasteiger partial charge is 0.489 e. The molecule has 26 heavy (non-hydrogen) atoms. The van der Waals surface area contributed by atoms with Crippen LogP contribution >= 0.6 is 11.6 Å². The number of carbonyl (C=O) groups is 1. The molecule has 0 aromatic heterocycles. The zero-order valence-corrected chi connectivity index (χ0v) is 15.5. The molecule has 1 aliphatic rings. The van der Waals surface area contributed by atoms with Gasteiger partial charge in [-0.1, -0.05) is 48.9 Å². The molecule has 0 spiro atoms. The Bertz CT molecular complexity index is 801. The lowest BCUT2D eigenvalue weighted by atomic mass is 9.98. The van der Waals surface area contributed by atoms with Gasteiger partial charge in [0.15, 0.2) is 0 Å². The summed E-state index contributed by atoms with van der Waals surface area (Å²) in [6.45, 7) is 2.48. The van der Waals surface area contributed by atoms with Gasteiger partial charge in [-0.2, -0.15) is 0 Å². The lowest BCUT2D eigenvalue weighted by Crippen LogP contribution is -2.19. The van der Waals surface area contributed by atoms with Crippen LogP contribution in [0.15, 0.2) is 60.4 Å². The van der Waals surface area contributed by atoms with E-state index in [1.165, 1.54) is 7.11 Å². The fraction of sp³-hybridized carbons (Fsp3) is 0.286. The lowest BCUT2D eigenvalue weighted by Gasteiger charge is -2.19. The predicted octanol–water partition coefficient (Wildman–Crippen LogP) is 4.55. The van der Waals surface area contributed by atoms with E-state index in [1.54, 1.807) is 6.08 Å². The monoisotopic (exact) mass is 372 g/mol. The third-order valence-electron chi connectivity index (χ3n) is 4.35. The van der Waals surface area contributed by atoms with Crippen LogP contribution in [0.25, 0.3) is 0 Å². The summed E-state index contributed by atoms with van der Waals surface area (Å²) in [6.07, 6.45) is 2.22. The maximum atomic E-state index is 11.7. The molecule has 0 N–H and O–H groups in total. The first-order valence-corrected chi connectivity index (χ1v) is 8.86. The molecule has 3 rings (SSSR count). The number of benzene rings is 2. The molecule has 2 aromatic rings. The minimum atomic E-state index is -0.453. The zero-order valence-electron chi connectivity index (χ0n) is 14.8. The highest BCUT2D eigenvalue weighted by atomic mass is 35.5. The highest BCUT2D eigenvalue weighted by Crippen LogP contribution is 2.31. The molecule has 0 fully saturated rings. The van der Waals surface area contributed by atoms with E-state index in [4.69, 9.17) is 25.8 Å². The molecule has 1 aliphatic heterocycles. The first-order valence-electron chi connectivity index (χ1n) is 8.48. The van der Waals surface area contributed by atoms with Crippen LogP contribution < -0.4 is 4.74 Å². The summed E-state index contributed by atoms with van der Waals surface area (Å²) in [5.74, 6) is 0.662. The minimum absolute atomic E-state index is 0.0880. The van der Waals surface area contributed by atoms with Crippen LogP contribution in [-0.4, -0.2) is 19.2 Å². The zero-order chi connectivity index (χ0) is 18.5. The number of ether oxygens (including phenoxy) is 3. The van der Waals surface area contributed by atoms with Gasteiger partial charge in [0.05, 0.1) is 7.11 Å². The molecule has 5 heteroatoms. The number of carbonyl (C=O) groups excluding carboxylic acids is 1. The molecule has 136 valence electrons. The van der Waals surface area contributed by atoms with E-state index >= 15 is 0 Å². The standard InChI is InChI=1S/C21H21ClO4/c1-14-10-20(21(23)24-2)26-19(14)12-16-11-17(22)8-9-18(16)25-13-15-6-4-3-5-7-15/h3-11,14,19H,12-13H2,1-2H3. The van der Waals surface area contributed by atoms with Crippen molar-refractivity contribution in [2.45, 2.75) is 26.1 Å². The maximum Gasteiger partial charge on any atom is 0.372 e. The number of hydrogen-bond donors (Lipinski definition) is 0. The van der Waals surface area contributed by atoms with E-state index in [9.17, 15) is 4.79 Å². The van der Waals surface area contributed by atoms with E-state index in [0.29, 0.717) is 18.1 Å². The molecule has 0 bridgehead atoms. The van der Waals surface area contributed by atoms with Crippen molar-refractivity contribution >= 4 is 17.6 Å². The Morgan fingerprint density at radius 3 is 2.69 bits per heavy atom. The van der Waals surface area contributed by atoms with Gasteiger partial charge in [-0.05, 0) is 35.4 Å². The minimum Gasteiger partial charge on any atom is -0.489 e. The summed E-state index contributed by atoms with van der Waals surface area (Å²) in [4.78, 5) is 11.7. The second kappa shape index (κ2) is 8.28. The molecular formula is C21H21ClO4. The SMILES string of the molecule is COC(=O)C1=CC(C)C(Cc2cc(Cl)ccc2OCc2ccccc2)O1. The summed E-state index contributed by atoms with van der Waals surface area (Å²) in [5, 5.41) is 0.638. The van der Waals surface area contributed by atoms with Crippen molar-refractivity contribution in [3.8, 4) is 5.75 Å². The van der Waals surface area contributed by atoms with Gasteiger partial charge in [0.25, 0.3) is 0 Å². The molecular weight excluding hydrogens is 352 g/mol. The number of methoxy groups -OCH3 is 1. The summed E-state index contributed by atoms with van der Waals surface area (Å²) in [6, 6.07) is 15.5. The normalized spacial score (nSPS) is 18.8. The topological polar surface area (TPSA) is 44.8 Å². The highest BCUT2D eigenvalue weighted by Gasteiger charge is 2.30. The molecule has 2 aromatic carbocycles. The Labute approximate surface area is 158 Å². The Morgan fingerprint density at radius 1 is 1.19 bits per heavy atom. The van der Waals surface area contributed by atoms with Crippen molar-refractivity contribution in [2.24, 2.45) is 5.92 Å². The third-order valence-corrected chi connectivity index (χ3v) is 4.58. The van der Waals surface area contributed by atoms with Crippen LogP contribution in [0.2, 0.25) is 5.02 Å². The number of esters is 1. The molecule has 2 atom stereocenters. The summed E-state index contributed by atoms with van der Waals surface area (Å²) in [7, 11) is 1.34. The second-order valence-corrected chi connectivity index (χ2v) is 6.70. The van der Waals surface area contributed by atoms with E-state index in [0.717, 1.165) is 16.9 Å². The van der Waals surface area contributed by atoms with Crippen molar-refractivity contribution in [2.75, 3.05) is 7.11 Å². The van der Waals surface area contributed by atoms with Crippen molar-refractivity contribution in [3.05, 3.63) is 76.5 Å². The van der Waals surface area contributed by atoms with E-state index in [1.807, 2.05) is 55.5 Å². The molecule has 0 radical (unpaired) electrons. The molecule has 0 saturated heterocycles. The molecule has 0 amide bonds. The van der Waals surface area contributed by atoms with Gasteiger partial charge < -0.3 is 14.2 Å². The second-order valence-electron chi connectivity index (χ2n) is 6.27. The fourth-order valence-corrected chi connectivity index (χ4v) is 3.10. The quantitative estimate of drug-likeness (QED) is 0.697. The Balaban J connectivity index is 1.71. The van der Waals surface area contributed by atoms with Crippen LogP contribution in [-0.2, 0) is 27.3 Å². The predicted molar refractivity (Wildman–Crippen MR) is 100 cm³/mol. The van der Waals surface area contributed by atoms with Crippen LogP contribution in [0, 0.1) is 5.92 Å². The number of halogens is 1. The van der Waals surface area contributed by atoms with Gasteiger partial charge >= 0.3 is 5.97 Å². The fourth-order valence-electron chi connectivity index (χ4n) is 2.90. The van der Waals surface area contributed by atoms with Gasteiger partial charge in [0.1, 0.15) is 18.5 Å². The van der Waals surface area contributed by atoms with Crippen molar-refractivity contribution in [1.29, 1.82) is 0 Å². The molecule has 0 aliphatic carbocycles. The van der Waals surface area contributed by atoms with Crippen LogP contribution in [0.3, 0.4) is 0 Å². The Hall–Kier alpha value is -2.46. The number of rotatable bonds is 6. The van der Waals surface area contributed by atoms with E-state index < -0.39 is 5.97 Å². The van der Waals surface area contributed by atoms with Gasteiger partial charge in [0.2, 0.25) is 5.76 Å². The molecule has 1 heterocycles. The van der Waals surface area contributed by atoms with Gasteiger partial charge in [-0.15, -0.1) is 0 Å². The number of hydrogen-bond acceptors (Lipinski definition) is 4. The Morgan fingerprint density at radius 2 is 1.96 bits per heavy atom. The van der Waals surface area contributed by atoms with E-state index in [-0.39, 0.29) is 17.8 Å². The first-order chi connectivity index (χ1) is 12.6. The summed E-state index contributed by atoms with van der Waals surface area (Å²) < 4.78 is 16.5. The smallest absolute Gasteiger partial charge is 0.372 e. The lowest BCUT2D eigenvalue weighted by molar-refractivity contribution is -0.140. The third kappa shape index (κ3) is 4.38. The highest BCUT2D eigenvalue weighted by molar-refractivity contribution is 6.30. The van der Waals surface area contributed by atoms with Gasteiger partial charge in [-0.25, -0.2) is 4.79 Å². The molecule has 2 unspecified atom stereocenters. The van der Waals surface area contributed by atoms with Gasteiger partial charge in [-0.3, -0.25) is 0 Å². The van der Waals surface area contributed by atoms with Crippen LogP contribution in [0.5, 0.6) is 5.75 Å². The average Bonchev–Trinajstić information content (AvgIpc) is 3.02. The van der Waals surface area contributed by atoms with Gasteiger partial charge in [0, 0.05) is 17.4 Å². The molecule has 4 nitrogen and oxygen atoms in total. The van der Waals surface area contributed by atoms with E-state index in [2.05, 4.69) is 0 Å². The first kappa shape index (κ1) is 18.3.